The van der Waals surface area contributed by atoms with E-state index in [1.54, 1.807) is 30.1 Å². The number of hydrogen-bond donors (Lipinski definition) is 1. The van der Waals surface area contributed by atoms with Crippen molar-refractivity contribution in [2.24, 2.45) is 0 Å². The summed E-state index contributed by atoms with van der Waals surface area (Å²) in [6.07, 6.45) is 1.27. The van der Waals surface area contributed by atoms with Crippen molar-refractivity contribution in [2.45, 2.75) is 38.5 Å². The number of alkyl halides is 2. The largest absolute Gasteiger partial charge is 0.434 e. The smallest absolute Gasteiger partial charge is 0.387 e. The van der Waals surface area contributed by atoms with Crippen LogP contribution >= 0.6 is 0 Å². The molecule has 0 bridgehead atoms. The molecule has 1 saturated heterocycles. The summed E-state index contributed by atoms with van der Waals surface area (Å²) in [5, 5.41) is 3.38. The molecule has 2 rings (SSSR count). The van der Waals surface area contributed by atoms with Crippen LogP contribution in [0.4, 0.5) is 8.78 Å². The molecule has 1 N–H and O–H groups in total. The molecule has 1 amide bonds. The number of halogens is 2. The summed E-state index contributed by atoms with van der Waals surface area (Å²) in [4.78, 5) is 13.2. The van der Waals surface area contributed by atoms with Crippen LogP contribution in [0.2, 0.25) is 0 Å². The Balaban J connectivity index is 2.03. The lowest BCUT2D eigenvalue weighted by Gasteiger charge is -2.32. The molecule has 0 spiro atoms. The molecule has 1 heterocycles. The minimum Gasteiger partial charge on any atom is -0.434 e. The lowest BCUT2D eigenvalue weighted by Crippen LogP contribution is -2.47. The fourth-order valence-corrected chi connectivity index (χ4v) is 2.63. The number of likely N-dealkylation sites (tertiary alicyclic amines) is 1. The quantitative estimate of drug-likeness (QED) is 0.908. The first-order valence-corrected chi connectivity index (χ1v) is 7.01. The predicted octanol–water partition coefficient (Wildman–Crippen LogP) is 2.56. The SMILES string of the molecule is CC(NC1CCC(=O)N(C)C1)c1ccccc1OC(F)F. The summed E-state index contributed by atoms with van der Waals surface area (Å²) in [7, 11) is 1.77. The van der Waals surface area contributed by atoms with Crippen LogP contribution in [-0.4, -0.2) is 37.1 Å². The van der Waals surface area contributed by atoms with E-state index < -0.39 is 6.61 Å². The Hall–Kier alpha value is -1.69. The molecule has 1 aromatic carbocycles. The molecule has 0 aromatic heterocycles. The Morgan fingerprint density at radius 2 is 2.10 bits per heavy atom. The van der Waals surface area contributed by atoms with Crippen LogP contribution in [0, 0.1) is 0 Å². The molecular formula is C15H20F2N2O2. The Morgan fingerprint density at radius 3 is 2.76 bits per heavy atom. The van der Waals surface area contributed by atoms with Gasteiger partial charge in [-0.1, -0.05) is 18.2 Å². The third-order valence-electron chi connectivity index (χ3n) is 3.71. The van der Waals surface area contributed by atoms with Gasteiger partial charge in [0.1, 0.15) is 5.75 Å². The number of hydrogen-bond acceptors (Lipinski definition) is 3. The highest BCUT2D eigenvalue weighted by Crippen LogP contribution is 2.27. The van der Waals surface area contributed by atoms with Crippen LogP contribution in [0.15, 0.2) is 24.3 Å². The van der Waals surface area contributed by atoms with Crippen LogP contribution in [0.3, 0.4) is 0 Å². The zero-order valence-corrected chi connectivity index (χ0v) is 12.2. The van der Waals surface area contributed by atoms with Crippen LogP contribution in [0.25, 0.3) is 0 Å². The molecule has 1 aliphatic rings. The normalized spacial score (nSPS) is 20.7. The molecule has 4 nitrogen and oxygen atoms in total. The second-order valence-corrected chi connectivity index (χ2v) is 5.31. The number of nitrogens with zero attached hydrogens (tertiary/aromatic N) is 1. The van der Waals surface area contributed by atoms with E-state index >= 15 is 0 Å². The summed E-state index contributed by atoms with van der Waals surface area (Å²) in [5.41, 5.74) is 0.692. The van der Waals surface area contributed by atoms with Gasteiger partial charge in [-0.05, 0) is 19.4 Å². The van der Waals surface area contributed by atoms with Crippen molar-refractivity contribution in [1.29, 1.82) is 0 Å². The number of benzene rings is 1. The molecule has 0 saturated carbocycles. The van der Waals surface area contributed by atoms with Crippen LogP contribution in [-0.2, 0) is 4.79 Å². The van der Waals surface area contributed by atoms with Gasteiger partial charge >= 0.3 is 6.61 Å². The molecule has 6 heteroatoms. The first-order chi connectivity index (χ1) is 9.97. The molecule has 0 radical (unpaired) electrons. The molecule has 0 aliphatic carbocycles. The number of nitrogens with one attached hydrogen (secondary N) is 1. The van der Waals surface area contributed by atoms with Gasteiger partial charge in [0.05, 0.1) is 0 Å². The Morgan fingerprint density at radius 1 is 1.38 bits per heavy atom. The molecule has 1 aliphatic heterocycles. The average Bonchev–Trinajstić information content (AvgIpc) is 2.43. The third-order valence-corrected chi connectivity index (χ3v) is 3.71. The minimum atomic E-state index is -2.84. The maximum Gasteiger partial charge on any atom is 0.387 e. The van der Waals surface area contributed by atoms with Gasteiger partial charge in [0, 0.05) is 37.7 Å². The van der Waals surface area contributed by atoms with Gasteiger partial charge in [0.2, 0.25) is 5.91 Å². The Kier molecular flexibility index (Phi) is 5.12. The topological polar surface area (TPSA) is 41.6 Å². The van der Waals surface area contributed by atoms with Crippen LogP contribution in [0.5, 0.6) is 5.75 Å². The van der Waals surface area contributed by atoms with Crippen LogP contribution in [0.1, 0.15) is 31.4 Å². The van der Waals surface area contributed by atoms with E-state index in [1.807, 2.05) is 6.92 Å². The monoisotopic (exact) mass is 298 g/mol. The maximum absolute atomic E-state index is 12.4. The van der Waals surface area contributed by atoms with Gasteiger partial charge < -0.3 is 15.0 Å². The summed E-state index contributed by atoms with van der Waals surface area (Å²) in [6, 6.07) is 6.79. The molecule has 116 valence electrons. The number of para-hydroxylation sites is 1. The number of ether oxygens (including phenoxy) is 1. The van der Waals surface area contributed by atoms with E-state index in [2.05, 4.69) is 10.1 Å². The van der Waals surface area contributed by atoms with Gasteiger partial charge in [0.25, 0.3) is 0 Å². The van der Waals surface area contributed by atoms with E-state index in [1.165, 1.54) is 6.07 Å². The Bertz CT molecular complexity index is 496. The van der Waals surface area contributed by atoms with Gasteiger partial charge in [0.15, 0.2) is 0 Å². The molecule has 1 aromatic rings. The number of likely N-dealkylation sites (N-methyl/N-ethyl adjacent to an activating group) is 1. The summed E-state index contributed by atoms with van der Waals surface area (Å²) < 4.78 is 29.4. The third kappa shape index (κ3) is 4.14. The van der Waals surface area contributed by atoms with E-state index in [9.17, 15) is 13.6 Å². The van der Waals surface area contributed by atoms with Crippen molar-refractivity contribution in [2.75, 3.05) is 13.6 Å². The first-order valence-electron chi connectivity index (χ1n) is 7.01. The van der Waals surface area contributed by atoms with E-state index in [0.717, 1.165) is 6.42 Å². The van der Waals surface area contributed by atoms with E-state index in [4.69, 9.17) is 0 Å². The van der Waals surface area contributed by atoms with Gasteiger partial charge in [-0.2, -0.15) is 8.78 Å². The number of piperidine rings is 1. The van der Waals surface area contributed by atoms with Crippen LogP contribution < -0.4 is 10.1 Å². The molecule has 21 heavy (non-hydrogen) atoms. The van der Waals surface area contributed by atoms with E-state index in [0.29, 0.717) is 18.5 Å². The van der Waals surface area contributed by atoms with Gasteiger partial charge in [-0.15, -0.1) is 0 Å². The summed E-state index contributed by atoms with van der Waals surface area (Å²) in [5.74, 6) is 0.329. The molecule has 2 unspecified atom stereocenters. The lowest BCUT2D eigenvalue weighted by atomic mass is 10.0. The van der Waals surface area contributed by atoms with Crippen molar-refractivity contribution >= 4 is 5.91 Å². The fraction of sp³-hybridized carbons (Fsp3) is 0.533. The molecule has 1 fully saturated rings. The van der Waals surface area contributed by atoms with Gasteiger partial charge in [-0.3, -0.25) is 4.79 Å². The van der Waals surface area contributed by atoms with Crippen molar-refractivity contribution in [3.63, 3.8) is 0 Å². The first kappa shape index (κ1) is 15.7. The number of rotatable bonds is 5. The van der Waals surface area contributed by atoms with Gasteiger partial charge in [-0.25, -0.2) is 0 Å². The average molecular weight is 298 g/mol. The Labute approximate surface area is 123 Å². The van der Waals surface area contributed by atoms with Crippen molar-refractivity contribution in [3.05, 3.63) is 29.8 Å². The highest BCUT2D eigenvalue weighted by Gasteiger charge is 2.25. The van der Waals surface area contributed by atoms with E-state index in [-0.39, 0.29) is 23.7 Å². The van der Waals surface area contributed by atoms with Crippen molar-refractivity contribution < 1.29 is 18.3 Å². The minimum absolute atomic E-state index is 0.133. The summed E-state index contributed by atoms with van der Waals surface area (Å²) in [6.45, 7) is -0.303. The number of carbonyl (C=O) groups is 1. The number of amides is 1. The predicted molar refractivity (Wildman–Crippen MR) is 75.3 cm³/mol. The fourth-order valence-electron chi connectivity index (χ4n) is 2.63. The number of carbonyl (C=O) groups excluding carboxylic acids is 1. The lowest BCUT2D eigenvalue weighted by molar-refractivity contribution is -0.132. The second kappa shape index (κ2) is 6.85. The van der Waals surface area contributed by atoms with Crippen molar-refractivity contribution in [1.82, 2.24) is 10.2 Å². The molecular weight excluding hydrogens is 278 g/mol. The zero-order chi connectivity index (χ0) is 15.4. The molecule has 2 atom stereocenters. The second-order valence-electron chi connectivity index (χ2n) is 5.31. The maximum atomic E-state index is 12.4. The highest BCUT2D eigenvalue weighted by atomic mass is 19.3. The highest BCUT2D eigenvalue weighted by molar-refractivity contribution is 5.76. The standard InChI is InChI=1S/C15H20F2N2O2/c1-10(18-11-7-8-14(20)19(2)9-11)12-5-3-4-6-13(12)21-15(16)17/h3-6,10-11,15,18H,7-9H2,1-2H3. The summed E-state index contributed by atoms with van der Waals surface area (Å²) >= 11 is 0. The van der Waals surface area contributed by atoms with Crippen molar-refractivity contribution in [3.8, 4) is 5.75 Å². The zero-order valence-electron chi connectivity index (χ0n) is 12.2.